The van der Waals surface area contributed by atoms with Gasteiger partial charge in [-0.1, -0.05) is 36.4 Å². The summed E-state index contributed by atoms with van der Waals surface area (Å²) in [6.07, 6.45) is 3.51. The van der Waals surface area contributed by atoms with Crippen LogP contribution in [0.4, 0.5) is 5.95 Å². The normalized spacial score (nSPS) is 16.0. The van der Waals surface area contributed by atoms with E-state index in [-0.39, 0.29) is 18.1 Å². The van der Waals surface area contributed by atoms with Crippen LogP contribution in [0.3, 0.4) is 0 Å². The number of nitriles is 1. The third kappa shape index (κ3) is 4.16. The molecule has 0 radical (unpaired) electrons. The van der Waals surface area contributed by atoms with Crippen molar-refractivity contribution in [3.63, 3.8) is 0 Å². The second-order valence-electron chi connectivity index (χ2n) is 7.68. The fourth-order valence-electron chi connectivity index (χ4n) is 4.06. The molecule has 1 aliphatic rings. The van der Waals surface area contributed by atoms with Gasteiger partial charge in [0.15, 0.2) is 0 Å². The van der Waals surface area contributed by atoms with Gasteiger partial charge in [-0.3, -0.25) is 9.36 Å². The van der Waals surface area contributed by atoms with Crippen molar-refractivity contribution in [2.75, 3.05) is 25.1 Å². The molecule has 7 nitrogen and oxygen atoms in total. The molecule has 1 fully saturated rings. The lowest BCUT2D eigenvalue weighted by Gasteiger charge is -2.33. The molecule has 1 saturated heterocycles. The van der Waals surface area contributed by atoms with Crippen LogP contribution in [0.2, 0.25) is 0 Å². The van der Waals surface area contributed by atoms with Crippen LogP contribution in [0.15, 0.2) is 59.5 Å². The Labute approximate surface area is 181 Å². The lowest BCUT2D eigenvalue weighted by molar-refractivity contribution is 0.416. The molecular weight excluding hydrogens is 390 g/mol. The van der Waals surface area contributed by atoms with E-state index in [2.05, 4.69) is 11.0 Å². The summed E-state index contributed by atoms with van der Waals surface area (Å²) >= 11 is 0. The molecule has 0 amide bonds. The second-order valence-corrected chi connectivity index (χ2v) is 7.68. The van der Waals surface area contributed by atoms with Gasteiger partial charge in [0.2, 0.25) is 5.95 Å². The molecule has 1 atom stereocenters. The van der Waals surface area contributed by atoms with Crippen LogP contribution in [0.25, 0.3) is 11.1 Å². The Balaban J connectivity index is 1.87. The van der Waals surface area contributed by atoms with Gasteiger partial charge in [-0.15, -0.1) is 0 Å². The summed E-state index contributed by atoms with van der Waals surface area (Å²) in [6.45, 7) is 1.67. The highest BCUT2D eigenvalue weighted by Gasteiger charge is 2.23. The molecule has 1 aromatic heterocycles. The first kappa shape index (κ1) is 20.6. The van der Waals surface area contributed by atoms with Gasteiger partial charge in [-0.2, -0.15) is 5.26 Å². The molecule has 0 spiro atoms. The number of ether oxygens (including phenoxy) is 1. The maximum Gasteiger partial charge on any atom is 0.263 e. The zero-order valence-electron chi connectivity index (χ0n) is 17.5. The minimum Gasteiger partial charge on any atom is -0.496 e. The number of benzene rings is 2. The molecule has 0 bridgehead atoms. The van der Waals surface area contributed by atoms with E-state index < -0.39 is 0 Å². The number of piperidine rings is 1. The van der Waals surface area contributed by atoms with Crippen molar-refractivity contribution in [3.8, 4) is 22.9 Å². The van der Waals surface area contributed by atoms with Crippen LogP contribution in [-0.4, -0.2) is 35.8 Å². The van der Waals surface area contributed by atoms with Gasteiger partial charge in [-0.05, 0) is 30.5 Å². The third-order valence-corrected chi connectivity index (χ3v) is 5.63. The van der Waals surface area contributed by atoms with E-state index in [0.29, 0.717) is 34.9 Å². The van der Waals surface area contributed by atoms with Crippen molar-refractivity contribution in [3.05, 3.63) is 76.2 Å². The largest absolute Gasteiger partial charge is 0.496 e. The van der Waals surface area contributed by atoms with Crippen LogP contribution < -0.4 is 20.9 Å². The highest BCUT2D eigenvalue weighted by Crippen LogP contribution is 2.28. The summed E-state index contributed by atoms with van der Waals surface area (Å²) in [5.74, 6) is 1.18. The lowest BCUT2D eigenvalue weighted by Crippen LogP contribution is -2.45. The van der Waals surface area contributed by atoms with E-state index in [4.69, 9.17) is 15.5 Å². The first-order valence-electron chi connectivity index (χ1n) is 10.3. The topological polar surface area (TPSA) is 97.2 Å². The quantitative estimate of drug-likeness (QED) is 0.688. The van der Waals surface area contributed by atoms with Crippen LogP contribution in [-0.2, 0) is 6.54 Å². The number of hydrogen-bond acceptors (Lipinski definition) is 6. The summed E-state index contributed by atoms with van der Waals surface area (Å²) in [6, 6.07) is 17.0. The molecule has 31 heavy (non-hydrogen) atoms. The van der Waals surface area contributed by atoms with Crippen molar-refractivity contribution in [2.24, 2.45) is 5.73 Å². The molecule has 2 N–H and O–H groups in total. The van der Waals surface area contributed by atoms with Crippen molar-refractivity contribution in [1.29, 1.82) is 5.26 Å². The summed E-state index contributed by atoms with van der Waals surface area (Å²) in [5, 5.41) is 9.52. The van der Waals surface area contributed by atoms with Gasteiger partial charge in [0.05, 0.1) is 30.9 Å². The smallest absolute Gasteiger partial charge is 0.263 e. The first-order chi connectivity index (χ1) is 15.1. The Morgan fingerprint density at radius 1 is 1.19 bits per heavy atom. The molecule has 2 heterocycles. The van der Waals surface area contributed by atoms with Crippen LogP contribution in [0, 0.1) is 11.3 Å². The maximum absolute atomic E-state index is 13.7. The number of methoxy groups -OCH3 is 1. The molecule has 0 saturated carbocycles. The standard InChI is InChI=1S/C24H25N5O2/c1-31-22-11-5-4-10-20(22)21-14-27-24(28-12-6-9-19(26)16-28)29(23(21)30)15-18-8-3-2-7-17(18)13-25/h2-5,7-8,10-11,14,19H,6,9,12,15-16,26H2,1H3/t19-/m1/s1. The zero-order valence-corrected chi connectivity index (χ0v) is 17.5. The Hall–Kier alpha value is -3.63. The Kier molecular flexibility index (Phi) is 6.01. The van der Waals surface area contributed by atoms with Crippen LogP contribution in [0.5, 0.6) is 5.75 Å². The van der Waals surface area contributed by atoms with Crippen LogP contribution >= 0.6 is 0 Å². The number of hydrogen-bond donors (Lipinski definition) is 1. The lowest BCUT2D eigenvalue weighted by atomic mass is 10.1. The maximum atomic E-state index is 13.7. The average molecular weight is 415 g/mol. The number of para-hydroxylation sites is 1. The van der Waals surface area contributed by atoms with Gasteiger partial charge in [0.1, 0.15) is 5.75 Å². The Morgan fingerprint density at radius 2 is 1.97 bits per heavy atom. The molecular formula is C24H25N5O2. The fraction of sp³-hybridized carbons (Fsp3) is 0.292. The SMILES string of the molecule is COc1ccccc1-c1cnc(N2CCC[C@@H](N)C2)n(Cc2ccccc2C#N)c1=O. The van der Waals surface area contributed by atoms with Gasteiger partial charge in [0.25, 0.3) is 5.56 Å². The predicted molar refractivity (Wildman–Crippen MR) is 120 cm³/mol. The van der Waals surface area contributed by atoms with Crippen molar-refractivity contribution in [2.45, 2.75) is 25.4 Å². The molecule has 0 aliphatic carbocycles. The molecule has 4 rings (SSSR count). The third-order valence-electron chi connectivity index (χ3n) is 5.63. The molecule has 158 valence electrons. The minimum atomic E-state index is -0.179. The fourth-order valence-corrected chi connectivity index (χ4v) is 4.06. The molecule has 2 aromatic carbocycles. The number of aromatic nitrogens is 2. The number of anilines is 1. The van der Waals surface area contributed by atoms with E-state index in [1.165, 1.54) is 0 Å². The summed E-state index contributed by atoms with van der Waals surface area (Å²) in [4.78, 5) is 20.5. The summed E-state index contributed by atoms with van der Waals surface area (Å²) in [7, 11) is 1.58. The summed E-state index contributed by atoms with van der Waals surface area (Å²) in [5.41, 5.74) is 8.47. The first-order valence-corrected chi connectivity index (χ1v) is 10.3. The van der Waals surface area contributed by atoms with E-state index in [1.54, 1.807) is 23.9 Å². The van der Waals surface area contributed by atoms with E-state index in [9.17, 15) is 10.1 Å². The number of nitrogens with two attached hydrogens (primary N) is 1. The minimum absolute atomic E-state index is 0.0411. The van der Waals surface area contributed by atoms with Gasteiger partial charge < -0.3 is 15.4 Å². The van der Waals surface area contributed by atoms with Gasteiger partial charge in [0, 0.05) is 30.9 Å². The van der Waals surface area contributed by atoms with E-state index >= 15 is 0 Å². The molecule has 1 aliphatic heterocycles. The van der Waals surface area contributed by atoms with Crippen LogP contribution in [0.1, 0.15) is 24.0 Å². The Morgan fingerprint density at radius 3 is 2.74 bits per heavy atom. The molecule has 7 heteroatoms. The predicted octanol–water partition coefficient (Wildman–Crippen LogP) is 2.77. The Bertz CT molecular complexity index is 1180. The molecule has 0 unspecified atom stereocenters. The molecule has 3 aromatic rings. The second kappa shape index (κ2) is 9.02. The van der Waals surface area contributed by atoms with Crippen molar-refractivity contribution < 1.29 is 4.74 Å². The monoisotopic (exact) mass is 415 g/mol. The zero-order chi connectivity index (χ0) is 21.8. The number of rotatable bonds is 5. The van der Waals surface area contributed by atoms with E-state index in [1.807, 2.05) is 42.5 Å². The van der Waals surface area contributed by atoms with E-state index in [0.717, 1.165) is 24.9 Å². The summed E-state index contributed by atoms with van der Waals surface area (Å²) < 4.78 is 7.11. The average Bonchev–Trinajstić information content (AvgIpc) is 2.80. The number of nitrogens with zero attached hydrogens (tertiary/aromatic N) is 4. The van der Waals surface area contributed by atoms with Gasteiger partial charge in [-0.25, -0.2) is 4.98 Å². The van der Waals surface area contributed by atoms with Crippen molar-refractivity contribution >= 4 is 5.95 Å². The van der Waals surface area contributed by atoms with Gasteiger partial charge >= 0.3 is 0 Å². The highest BCUT2D eigenvalue weighted by molar-refractivity contribution is 5.69. The highest BCUT2D eigenvalue weighted by atomic mass is 16.5. The van der Waals surface area contributed by atoms with Crippen molar-refractivity contribution in [1.82, 2.24) is 9.55 Å².